The second-order valence-corrected chi connectivity index (χ2v) is 23.0. The van der Waals surface area contributed by atoms with Crippen molar-refractivity contribution in [2.75, 3.05) is 98.2 Å². The van der Waals surface area contributed by atoms with E-state index >= 15 is 0 Å². The second kappa shape index (κ2) is 55.5. The Hall–Kier alpha value is -0.200. The summed E-state index contributed by atoms with van der Waals surface area (Å²) >= 11 is 0. The Morgan fingerprint density at radius 3 is 0.551 bits per heavy atom. The Kier molecular flexibility index (Phi) is 53.8. The van der Waals surface area contributed by atoms with Gasteiger partial charge in [-0.1, -0.05) is 285 Å². The monoisotopic (exact) mass is 972 g/mol. The third kappa shape index (κ3) is 47.3. The molecule has 0 N–H and O–H groups in total. The lowest BCUT2D eigenvalue weighted by atomic mass is 10.1. The molecule has 69 heavy (non-hydrogen) atoms. The molecule has 0 unspecified atom stereocenters. The van der Waals surface area contributed by atoms with Crippen LogP contribution in [0.3, 0.4) is 0 Å². The van der Waals surface area contributed by atoms with Crippen LogP contribution in [0, 0.1) is 0 Å². The summed E-state index contributed by atoms with van der Waals surface area (Å²) in [6, 6.07) is 0. The molecule has 5 heteroatoms. The van der Waals surface area contributed by atoms with E-state index in [0.29, 0.717) is 0 Å². The highest BCUT2D eigenvalue weighted by Gasteiger charge is 2.19. The number of rotatable bonds is 58. The molecule has 0 aromatic carbocycles. The van der Waals surface area contributed by atoms with Crippen LogP contribution >= 0.6 is 0 Å². The van der Waals surface area contributed by atoms with Crippen LogP contribution in [0.15, 0.2) is 0 Å². The number of nitrogens with zero attached hydrogens (tertiary/aromatic N) is 5. The summed E-state index contributed by atoms with van der Waals surface area (Å²) in [5.41, 5.74) is 0. The van der Waals surface area contributed by atoms with Crippen LogP contribution in [0.5, 0.6) is 0 Å². The molecule has 0 bridgehead atoms. The largest absolute Gasteiger partial charge is 0.302 e. The van der Waals surface area contributed by atoms with Crippen LogP contribution in [-0.4, -0.2) is 123 Å². The zero-order valence-electron chi connectivity index (χ0n) is 49.0. The number of hydrogen-bond donors (Lipinski definition) is 0. The smallest absolute Gasteiger partial charge is 0.0110 e. The van der Waals surface area contributed by atoms with Gasteiger partial charge in [0.2, 0.25) is 0 Å². The summed E-state index contributed by atoms with van der Waals surface area (Å²) < 4.78 is 0. The van der Waals surface area contributed by atoms with E-state index in [4.69, 9.17) is 0 Å². The highest BCUT2D eigenvalue weighted by molar-refractivity contribution is 4.76. The third-order valence-corrected chi connectivity index (χ3v) is 16.3. The van der Waals surface area contributed by atoms with Gasteiger partial charge < -0.3 is 14.7 Å². The molecule has 1 fully saturated rings. The first kappa shape index (κ1) is 66.8. The average Bonchev–Trinajstić information content (AvgIpc) is 3.36. The molecule has 0 spiro atoms. The van der Waals surface area contributed by atoms with Crippen molar-refractivity contribution in [3.8, 4) is 0 Å². The molecule has 5 nitrogen and oxygen atoms in total. The minimum Gasteiger partial charge on any atom is -0.302 e. The van der Waals surface area contributed by atoms with E-state index in [0.717, 1.165) is 0 Å². The number of hydrogen-bond acceptors (Lipinski definition) is 5. The molecule has 0 amide bonds. The van der Waals surface area contributed by atoms with Crippen molar-refractivity contribution in [1.29, 1.82) is 0 Å². The van der Waals surface area contributed by atoms with Gasteiger partial charge in [-0.15, -0.1) is 0 Å². The fourth-order valence-corrected chi connectivity index (χ4v) is 11.1. The van der Waals surface area contributed by atoms with Crippen LogP contribution in [0.1, 0.15) is 317 Å². The SMILES string of the molecule is CCCCCCCCCCCCN(CCCCCCCCCCCC)CCN(CCCCCCCCCCCC)CCN1CCN(CCN(CCCCCCCC)CCCCCCCCCC)CC1. The van der Waals surface area contributed by atoms with Gasteiger partial charge >= 0.3 is 0 Å². The van der Waals surface area contributed by atoms with Crippen LogP contribution in [0.4, 0.5) is 0 Å². The molecule has 1 rings (SSSR count). The molecule has 0 radical (unpaired) electrons. The molecule has 414 valence electrons. The van der Waals surface area contributed by atoms with Crippen molar-refractivity contribution in [1.82, 2.24) is 24.5 Å². The third-order valence-electron chi connectivity index (χ3n) is 16.3. The zero-order chi connectivity index (χ0) is 49.6. The van der Waals surface area contributed by atoms with Gasteiger partial charge in [0.15, 0.2) is 0 Å². The van der Waals surface area contributed by atoms with Crippen LogP contribution in [-0.2, 0) is 0 Å². The Morgan fingerprint density at radius 2 is 0.348 bits per heavy atom. The predicted molar refractivity (Wildman–Crippen MR) is 314 cm³/mol. The molecule has 0 aliphatic carbocycles. The molecule has 0 saturated carbocycles. The van der Waals surface area contributed by atoms with E-state index in [9.17, 15) is 0 Å². The van der Waals surface area contributed by atoms with Crippen LogP contribution in [0.2, 0.25) is 0 Å². The highest BCUT2D eigenvalue weighted by Crippen LogP contribution is 2.16. The van der Waals surface area contributed by atoms with Gasteiger partial charge in [-0.3, -0.25) is 9.80 Å². The predicted octanol–water partition coefficient (Wildman–Crippen LogP) is 18.8. The first-order chi connectivity index (χ1) is 34.2. The molecular weight excluding hydrogens is 839 g/mol. The van der Waals surface area contributed by atoms with Gasteiger partial charge in [0.25, 0.3) is 0 Å². The minimum absolute atomic E-state index is 1.27. The molecule has 1 aliphatic rings. The summed E-state index contributed by atoms with van der Waals surface area (Å²) in [5.74, 6) is 0. The molecule has 0 aromatic rings. The summed E-state index contributed by atoms with van der Waals surface area (Å²) in [6.45, 7) is 31.1. The van der Waals surface area contributed by atoms with Crippen LogP contribution in [0.25, 0.3) is 0 Å². The van der Waals surface area contributed by atoms with Gasteiger partial charge in [-0.2, -0.15) is 0 Å². The van der Waals surface area contributed by atoms with E-state index < -0.39 is 0 Å². The molecular formula is C64H133N5. The lowest BCUT2D eigenvalue weighted by molar-refractivity contribution is 0.104. The fourth-order valence-electron chi connectivity index (χ4n) is 11.1. The van der Waals surface area contributed by atoms with Gasteiger partial charge in [-0.25, -0.2) is 0 Å². The lowest BCUT2D eigenvalue weighted by Crippen LogP contribution is -2.50. The molecule has 1 heterocycles. The van der Waals surface area contributed by atoms with Crippen molar-refractivity contribution >= 4 is 0 Å². The summed E-state index contributed by atoms with van der Waals surface area (Å²) in [6.07, 6.45) is 63.1. The topological polar surface area (TPSA) is 16.2 Å². The van der Waals surface area contributed by atoms with Crippen molar-refractivity contribution < 1.29 is 0 Å². The van der Waals surface area contributed by atoms with Gasteiger partial charge in [0, 0.05) is 65.4 Å². The van der Waals surface area contributed by atoms with Gasteiger partial charge in [0.1, 0.15) is 0 Å². The van der Waals surface area contributed by atoms with E-state index in [-0.39, 0.29) is 0 Å². The maximum Gasteiger partial charge on any atom is 0.0110 e. The first-order valence-electron chi connectivity index (χ1n) is 32.8. The summed E-state index contributed by atoms with van der Waals surface area (Å²) in [5, 5.41) is 0. The highest BCUT2D eigenvalue weighted by atomic mass is 15.3. The maximum atomic E-state index is 2.92. The Balaban J connectivity index is 2.70. The lowest BCUT2D eigenvalue weighted by Gasteiger charge is -2.37. The van der Waals surface area contributed by atoms with Crippen LogP contribution < -0.4 is 0 Å². The Labute approximate surface area is 438 Å². The standard InChI is InChI=1S/C64H133N5/c1-6-11-16-21-26-30-33-37-42-47-51-65(52-48-43-38-34-31-27-22-17-12-7-2)55-57-67(54-49-44-39-35-32-28-23-18-13-8-3)58-60-69-63-61-68(62-64-69)59-56-66(50-45-40-25-20-15-10-5)53-46-41-36-29-24-19-14-9-4/h6-64H2,1-5H3. The fraction of sp³-hybridized carbons (Fsp3) is 1.00. The van der Waals surface area contributed by atoms with Crippen molar-refractivity contribution in [3.63, 3.8) is 0 Å². The minimum atomic E-state index is 1.27. The van der Waals surface area contributed by atoms with Crippen molar-refractivity contribution in [2.24, 2.45) is 0 Å². The Bertz CT molecular complexity index is 913. The molecule has 1 saturated heterocycles. The van der Waals surface area contributed by atoms with Crippen molar-refractivity contribution in [2.45, 2.75) is 317 Å². The summed E-state index contributed by atoms with van der Waals surface area (Å²) in [7, 11) is 0. The average molecular weight is 973 g/mol. The van der Waals surface area contributed by atoms with Gasteiger partial charge in [0.05, 0.1) is 0 Å². The van der Waals surface area contributed by atoms with Gasteiger partial charge in [-0.05, 0) is 64.8 Å². The maximum absolute atomic E-state index is 2.92. The first-order valence-corrected chi connectivity index (χ1v) is 32.8. The number of unbranched alkanes of at least 4 members (excludes halogenated alkanes) is 39. The Morgan fingerprint density at radius 1 is 0.188 bits per heavy atom. The normalized spacial score (nSPS) is 13.9. The number of piperazine rings is 1. The molecule has 1 aliphatic heterocycles. The second-order valence-electron chi connectivity index (χ2n) is 23.0. The van der Waals surface area contributed by atoms with E-state index in [1.54, 1.807) is 0 Å². The quantitative estimate of drug-likeness (QED) is 0.0563. The van der Waals surface area contributed by atoms with E-state index in [2.05, 4.69) is 59.1 Å². The zero-order valence-corrected chi connectivity index (χ0v) is 49.0. The summed E-state index contributed by atoms with van der Waals surface area (Å²) in [4.78, 5) is 14.4. The van der Waals surface area contributed by atoms with E-state index in [1.807, 2.05) is 0 Å². The van der Waals surface area contributed by atoms with Crippen molar-refractivity contribution in [3.05, 3.63) is 0 Å². The molecule has 0 aromatic heterocycles. The van der Waals surface area contributed by atoms with E-state index in [1.165, 1.54) is 381 Å². The molecule has 0 atom stereocenters.